The molecule has 0 spiro atoms. The summed E-state index contributed by atoms with van der Waals surface area (Å²) in [5.74, 6) is -0.196. The van der Waals surface area contributed by atoms with E-state index in [0.29, 0.717) is 24.2 Å². The third-order valence-corrected chi connectivity index (χ3v) is 5.63. The van der Waals surface area contributed by atoms with Crippen LogP contribution in [0, 0.1) is 0 Å². The summed E-state index contributed by atoms with van der Waals surface area (Å²) >= 11 is 0. The lowest BCUT2D eigenvalue weighted by Gasteiger charge is -2.36. The van der Waals surface area contributed by atoms with Crippen molar-refractivity contribution in [3.8, 4) is 0 Å². The number of anilines is 1. The number of nitrogens with one attached hydrogen (secondary N) is 1. The highest BCUT2D eigenvalue weighted by atomic mass is 16.2. The van der Waals surface area contributed by atoms with Crippen molar-refractivity contribution in [3.05, 3.63) is 59.9 Å². The molecule has 1 N–H and O–H groups in total. The van der Waals surface area contributed by atoms with E-state index in [1.807, 2.05) is 23.1 Å². The average molecular weight is 378 g/mol. The minimum absolute atomic E-state index is 0.0595. The van der Waals surface area contributed by atoms with Crippen LogP contribution in [0.15, 0.2) is 48.8 Å². The van der Waals surface area contributed by atoms with Gasteiger partial charge in [-0.05, 0) is 31.0 Å². The van der Waals surface area contributed by atoms with Gasteiger partial charge in [-0.15, -0.1) is 0 Å². The molecule has 0 unspecified atom stereocenters. The normalized spacial score (nSPS) is 17.6. The fraction of sp³-hybridized carbons (Fsp3) is 0.409. The molecule has 2 amide bonds. The summed E-state index contributed by atoms with van der Waals surface area (Å²) in [5.41, 5.74) is 2.12. The first kappa shape index (κ1) is 18.5. The zero-order valence-corrected chi connectivity index (χ0v) is 16.0. The number of piperazine rings is 1. The summed E-state index contributed by atoms with van der Waals surface area (Å²) in [5, 5.41) is 3.05. The molecule has 1 aliphatic carbocycles. The monoisotopic (exact) mass is 378 g/mol. The number of rotatable bonds is 4. The molecule has 1 aromatic heterocycles. The SMILES string of the molecule is O=C(NC1CCCC1)c1cncc(C(=O)N2CCN(c3ccccc3)CC2)c1. The number of aromatic nitrogens is 1. The first-order valence-electron chi connectivity index (χ1n) is 10.1. The Morgan fingerprint density at radius 1 is 0.929 bits per heavy atom. The number of carbonyl (C=O) groups excluding carboxylic acids is 2. The van der Waals surface area contributed by atoms with Crippen molar-refractivity contribution in [2.75, 3.05) is 31.1 Å². The second-order valence-corrected chi connectivity index (χ2v) is 7.53. The number of pyridine rings is 1. The predicted molar refractivity (Wildman–Crippen MR) is 109 cm³/mol. The van der Waals surface area contributed by atoms with E-state index in [0.717, 1.165) is 38.8 Å². The van der Waals surface area contributed by atoms with Gasteiger partial charge in [0.05, 0.1) is 11.1 Å². The number of hydrogen-bond acceptors (Lipinski definition) is 4. The molecule has 1 aliphatic heterocycles. The molecule has 0 bridgehead atoms. The van der Waals surface area contributed by atoms with Crippen LogP contribution in [0.25, 0.3) is 0 Å². The van der Waals surface area contributed by atoms with Gasteiger partial charge in [0.25, 0.3) is 11.8 Å². The summed E-state index contributed by atoms with van der Waals surface area (Å²) in [4.78, 5) is 33.6. The van der Waals surface area contributed by atoms with Crippen LogP contribution >= 0.6 is 0 Å². The van der Waals surface area contributed by atoms with Gasteiger partial charge in [0.1, 0.15) is 0 Å². The van der Waals surface area contributed by atoms with E-state index in [1.54, 1.807) is 12.3 Å². The van der Waals surface area contributed by atoms with Gasteiger partial charge in [-0.3, -0.25) is 14.6 Å². The molecule has 6 heteroatoms. The molecule has 2 fully saturated rings. The van der Waals surface area contributed by atoms with Crippen LogP contribution in [-0.2, 0) is 0 Å². The number of amides is 2. The molecule has 4 rings (SSSR count). The quantitative estimate of drug-likeness (QED) is 0.888. The van der Waals surface area contributed by atoms with Crippen molar-refractivity contribution < 1.29 is 9.59 Å². The minimum Gasteiger partial charge on any atom is -0.368 e. The highest BCUT2D eigenvalue weighted by Gasteiger charge is 2.24. The Hall–Kier alpha value is -2.89. The van der Waals surface area contributed by atoms with Gasteiger partial charge in [0, 0.05) is 50.3 Å². The highest BCUT2D eigenvalue weighted by Crippen LogP contribution is 2.19. The van der Waals surface area contributed by atoms with Crippen molar-refractivity contribution in [2.45, 2.75) is 31.7 Å². The van der Waals surface area contributed by atoms with Crippen LogP contribution in [0.5, 0.6) is 0 Å². The molecular formula is C22H26N4O2. The van der Waals surface area contributed by atoms with E-state index in [2.05, 4.69) is 27.3 Å². The average Bonchev–Trinajstić information content (AvgIpc) is 3.27. The van der Waals surface area contributed by atoms with E-state index in [4.69, 9.17) is 0 Å². The second-order valence-electron chi connectivity index (χ2n) is 7.53. The summed E-state index contributed by atoms with van der Waals surface area (Å²) < 4.78 is 0. The van der Waals surface area contributed by atoms with Gasteiger partial charge in [0.2, 0.25) is 0 Å². The topological polar surface area (TPSA) is 65.5 Å². The van der Waals surface area contributed by atoms with Gasteiger partial charge >= 0.3 is 0 Å². The smallest absolute Gasteiger partial charge is 0.255 e. The van der Waals surface area contributed by atoms with Crippen LogP contribution in [0.1, 0.15) is 46.4 Å². The van der Waals surface area contributed by atoms with Crippen LogP contribution in [-0.4, -0.2) is 53.9 Å². The molecule has 1 saturated carbocycles. The molecule has 2 aliphatic rings. The van der Waals surface area contributed by atoms with E-state index in [-0.39, 0.29) is 17.9 Å². The molecule has 2 aromatic rings. The van der Waals surface area contributed by atoms with Crippen LogP contribution in [0.4, 0.5) is 5.69 Å². The lowest BCUT2D eigenvalue weighted by molar-refractivity contribution is 0.0746. The van der Waals surface area contributed by atoms with E-state index in [1.165, 1.54) is 11.9 Å². The van der Waals surface area contributed by atoms with Gasteiger partial charge in [-0.2, -0.15) is 0 Å². The fourth-order valence-corrected chi connectivity index (χ4v) is 4.01. The predicted octanol–water partition coefficient (Wildman–Crippen LogP) is 2.72. The zero-order chi connectivity index (χ0) is 19.3. The Kier molecular flexibility index (Phi) is 5.55. The number of carbonyl (C=O) groups is 2. The molecule has 28 heavy (non-hydrogen) atoms. The van der Waals surface area contributed by atoms with E-state index < -0.39 is 0 Å². The maximum absolute atomic E-state index is 12.9. The van der Waals surface area contributed by atoms with E-state index >= 15 is 0 Å². The molecule has 0 atom stereocenters. The van der Waals surface area contributed by atoms with Gasteiger partial charge < -0.3 is 15.1 Å². The standard InChI is InChI=1S/C22H26N4O2/c27-21(24-19-6-4-5-7-19)17-14-18(16-23-15-17)22(28)26-12-10-25(11-13-26)20-8-2-1-3-9-20/h1-3,8-9,14-16,19H,4-7,10-13H2,(H,24,27). The summed E-state index contributed by atoms with van der Waals surface area (Å²) in [7, 11) is 0. The number of hydrogen-bond donors (Lipinski definition) is 1. The first-order valence-corrected chi connectivity index (χ1v) is 10.1. The molecule has 6 nitrogen and oxygen atoms in total. The zero-order valence-electron chi connectivity index (χ0n) is 16.0. The molecule has 146 valence electrons. The van der Waals surface area contributed by atoms with Crippen LogP contribution < -0.4 is 10.2 Å². The summed E-state index contributed by atoms with van der Waals surface area (Å²) in [6, 6.07) is 12.2. The summed E-state index contributed by atoms with van der Waals surface area (Å²) in [6.07, 6.45) is 7.48. The van der Waals surface area contributed by atoms with Crippen molar-refractivity contribution in [2.24, 2.45) is 0 Å². The number of nitrogens with zero attached hydrogens (tertiary/aromatic N) is 3. The van der Waals surface area contributed by atoms with Crippen molar-refractivity contribution >= 4 is 17.5 Å². The van der Waals surface area contributed by atoms with Crippen molar-refractivity contribution in [1.29, 1.82) is 0 Å². The van der Waals surface area contributed by atoms with Crippen molar-refractivity contribution in [1.82, 2.24) is 15.2 Å². The summed E-state index contributed by atoms with van der Waals surface area (Å²) in [6.45, 7) is 2.91. The first-order chi connectivity index (χ1) is 13.7. The van der Waals surface area contributed by atoms with Crippen LogP contribution in [0.3, 0.4) is 0 Å². The van der Waals surface area contributed by atoms with E-state index in [9.17, 15) is 9.59 Å². The van der Waals surface area contributed by atoms with Gasteiger partial charge in [-0.25, -0.2) is 0 Å². The third kappa shape index (κ3) is 4.16. The van der Waals surface area contributed by atoms with Gasteiger partial charge in [0.15, 0.2) is 0 Å². The largest absolute Gasteiger partial charge is 0.368 e. The maximum atomic E-state index is 12.9. The number of para-hydroxylation sites is 1. The Balaban J connectivity index is 1.38. The molecule has 2 heterocycles. The minimum atomic E-state index is -0.136. The van der Waals surface area contributed by atoms with Crippen molar-refractivity contribution in [3.63, 3.8) is 0 Å². The maximum Gasteiger partial charge on any atom is 0.255 e. The third-order valence-electron chi connectivity index (χ3n) is 5.63. The van der Waals surface area contributed by atoms with Gasteiger partial charge in [-0.1, -0.05) is 31.0 Å². The fourth-order valence-electron chi connectivity index (χ4n) is 4.01. The lowest BCUT2D eigenvalue weighted by atomic mass is 10.1. The molecule has 1 saturated heterocycles. The van der Waals surface area contributed by atoms with Crippen LogP contribution in [0.2, 0.25) is 0 Å². The molecular weight excluding hydrogens is 352 g/mol. The lowest BCUT2D eigenvalue weighted by Crippen LogP contribution is -2.48. The second kappa shape index (κ2) is 8.42. The highest BCUT2D eigenvalue weighted by molar-refractivity contribution is 5.99. The Morgan fingerprint density at radius 2 is 1.61 bits per heavy atom. The molecule has 0 radical (unpaired) electrons. The molecule has 1 aromatic carbocycles. The Labute approximate surface area is 165 Å². The number of benzene rings is 1. The Morgan fingerprint density at radius 3 is 2.32 bits per heavy atom. The Bertz CT molecular complexity index is 825.